The molecule has 4 nitrogen and oxygen atoms in total. The molecule has 0 bridgehead atoms. The van der Waals surface area contributed by atoms with Gasteiger partial charge in [0.1, 0.15) is 0 Å². The Labute approximate surface area is 133 Å². The molecule has 122 valence electrons. The van der Waals surface area contributed by atoms with E-state index in [2.05, 4.69) is 24.1 Å². The van der Waals surface area contributed by atoms with Crippen LogP contribution in [0.3, 0.4) is 0 Å². The molecule has 0 saturated carbocycles. The van der Waals surface area contributed by atoms with Crippen molar-refractivity contribution >= 4 is 5.91 Å². The van der Waals surface area contributed by atoms with Crippen molar-refractivity contribution in [2.24, 2.45) is 11.8 Å². The molecule has 2 atom stereocenters. The van der Waals surface area contributed by atoms with Gasteiger partial charge in [0, 0.05) is 24.2 Å². The predicted molar refractivity (Wildman–Crippen MR) is 87.5 cm³/mol. The minimum atomic E-state index is 0.136. The molecule has 1 aromatic rings. The van der Waals surface area contributed by atoms with Crippen LogP contribution < -0.4 is 5.32 Å². The lowest BCUT2D eigenvalue weighted by molar-refractivity contribution is -0.126. The molecule has 1 aliphatic rings. The summed E-state index contributed by atoms with van der Waals surface area (Å²) in [4.78, 5) is 16.6. The Bertz CT molecular complexity index is 444. The molecule has 1 aliphatic heterocycles. The van der Waals surface area contributed by atoms with Gasteiger partial charge < -0.3 is 10.1 Å². The Balaban J connectivity index is 1.91. The first-order valence-electron chi connectivity index (χ1n) is 8.51. The highest BCUT2D eigenvalue weighted by atomic mass is 16.5. The molecule has 1 saturated heterocycles. The Morgan fingerprint density at radius 1 is 1.27 bits per heavy atom. The van der Waals surface area contributed by atoms with Crippen molar-refractivity contribution in [2.45, 2.75) is 52.0 Å². The van der Waals surface area contributed by atoms with Crippen LogP contribution in [0.15, 0.2) is 24.5 Å². The summed E-state index contributed by atoms with van der Waals surface area (Å²) in [5, 5.41) is 3.24. The molecule has 22 heavy (non-hydrogen) atoms. The van der Waals surface area contributed by atoms with Crippen LogP contribution in [-0.4, -0.2) is 30.1 Å². The van der Waals surface area contributed by atoms with Gasteiger partial charge in [-0.05, 0) is 37.0 Å². The number of aromatic nitrogens is 1. The summed E-state index contributed by atoms with van der Waals surface area (Å²) in [7, 11) is 0. The average molecular weight is 304 g/mol. The highest BCUT2D eigenvalue weighted by molar-refractivity contribution is 5.79. The van der Waals surface area contributed by atoms with Crippen molar-refractivity contribution in [1.82, 2.24) is 10.3 Å². The number of pyridine rings is 1. The summed E-state index contributed by atoms with van der Waals surface area (Å²) in [5.74, 6) is 0.714. The summed E-state index contributed by atoms with van der Waals surface area (Å²) >= 11 is 0. The lowest BCUT2D eigenvalue weighted by atomic mass is 9.93. The van der Waals surface area contributed by atoms with Gasteiger partial charge in [-0.25, -0.2) is 0 Å². The van der Waals surface area contributed by atoms with E-state index < -0.39 is 0 Å². The van der Waals surface area contributed by atoms with E-state index in [1.165, 1.54) is 5.56 Å². The average Bonchev–Trinajstić information content (AvgIpc) is 2.95. The number of carbonyl (C=O) groups is 1. The minimum Gasteiger partial charge on any atom is -0.379 e. The monoisotopic (exact) mass is 304 g/mol. The van der Waals surface area contributed by atoms with Gasteiger partial charge in [-0.1, -0.05) is 26.7 Å². The number of nitrogens with zero attached hydrogens (tertiary/aromatic N) is 1. The van der Waals surface area contributed by atoms with E-state index >= 15 is 0 Å². The van der Waals surface area contributed by atoms with Crippen molar-refractivity contribution in [1.29, 1.82) is 0 Å². The normalized spacial score (nSPS) is 21.2. The number of carbonyl (C=O) groups excluding carboxylic acids is 1. The minimum absolute atomic E-state index is 0.136. The maximum Gasteiger partial charge on any atom is 0.223 e. The number of nitrogens with one attached hydrogen (secondary N) is 1. The second-order valence-corrected chi connectivity index (χ2v) is 6.25. The topological polar surface area (TPSA) is 51.2 Å². The van der Waals surface area contributed by atoms with Crippen LogP contribution in [-0.2, 0) is 16.0 Å². The zero-order valence-electron chi connectivity index (χ0n) is 13.8. The van der Waals surface area contributed by atoms with Gasteiger partial charge in [-0.15, -0.1) is 0 Å². The van der Waals surface area contributed by atoms with Crippen molar-refractivity contribution in [2.75, 3.05) is 13.2 Å². The fraction of sp³-hybridized carbons (Fsp3) is 0.667. The van der Waals surface area contributed by atoms with Crippen LogP contribution in [0, 0.1) is 11.8 Å². The van der Waals surface area contributed by atoms with Gasteiger partial charge in [0.05, 0.1) is 19.3 Å². The third-order valence-electron chi connectivity index (χ3n) is 4.42. The number of amides is 1. The Morgan fingerprint density at radius 3 is 2.59 bits per heavy atom. The summed E-state index contributed by atoms with van der Waals surface area (Å²) in [6.45, 7) is 5.63. The van der Waals surface area contributed by atoms with Gasteiger partial charge in [0.15, 0.2) is 0 Å². The quantitative estimate of drug-likeness (QED) is 0.803. The van der Waals surface area contributed by atoms with E-state index in [4.69, 9.17) is 4.74 Å². The van der Waals surface area contributed by atoms with Crippen LogP contribution in [0.25, 0.3) is 0 Å². The lowest BCUT2D eigenvalue weighted by Crippen LogP contribution is -2.43. The molecule has 4 heteroatoms. The molecule has 2 rings (SSSR count). The van der Waals surface area contributed by atoms with E-state index in [9.17, 15) is 4.79 Å². The largest absolute Gasteiger partial charge is 0.379 e. The van der Waals surface area contributed by atoms with Crippen molar-refractivity contribution in [3.05, 3.63) is 30.1 Å². The van der Waals surface area contributed by atoms with Crippen LogP contribution in [0.1, 0.15) is 45.1 Å². The fourth-order valence-corrected chi connectivity index (χ4v) is 3.18. The molecule has 1 aromatic heterocycles. The van der Waals surface area contributed by atoms with E-state index in [0.29, 0.717) is 12.5 Å². The van der Waals surface area contributed by atoms with E-state index in [1.807, 2.05) is 24.5 Å². The summed E-state index contributed by atoms with van der Waals surface area (Å²) in [6.07, 6.45) is 8.62. The van der Waals surface area contributed by atoms with Gasteiger partial charge >= 0.3 is 0 Å². The number of hydrogen-bond acceptors (Lipinski definition) is 3. The molecule has 0 unspecified atom stereocenters. The third-order valence-corrected chi connectivity index (χ3v) is 4.42. The van der Waals surface area contributed by atoms with Crippen LogP contribution >= 0.6 is 0 Å². The summed E-state index contributed by atoms with van der Waals surface area (Å²) < 4.78 is 5.61. The molecule has 0 aliphatic carbocycles. The molecule has 0 spiro atoms. The Hall–Kier alpha value is -1.42. The van der Waals surface area contributed by atoms with Crippen LogP contribution in [0.5, 0.6) is 0 Å². The van der Waals surface area contributed by atoms with Crippen LogP contribution in [0.4, 0.5) is 0 Å². The van der Waals surface area contributed by atoms with E-state index in [1.54, 1.807) is 0 Å². The fourth-order valence-electron chi connectivity index (χ4n) is 3.18. The second-order valence-electron chi connectivity index (χ2n) is 6.25. The Morgan fingerprint density at radius 2 is 1.95 bits per heavy atom. The molecular weight excluding hydrogens is 276 g/mol. The first-order chi connectivity index (χ1) is 10.7. The van der Waals surface area contributed by atoms with Gasteiger partial charge in [-0.3, -0.25) is 9.78 Å². The van der Waals surface area contributed by atoms with Crippen molar-refractivity contribution in [3.63, 3.8) is 0 Å². The molecule has 1 amide bonds. The SMILES string of the molecule is CCCC(CCC)C(=O)N[C@@H]1COC[C@H]1Cc1ccncc1. The number of ether oxygens (including phenoxy) is 1. The van der Waals surface area contributed by atoms with Gasteiger partial charge in [-0.2, -0.15) is 0 Å². The molecule has 1 fully saturated rings. The zero-order valence-corrected chi connectivity index (χ0v) is 13.8. The van der Waals surface area contributed by atoms with E-state index in [-0.39, 0.29) is 17.9 Å². The maximum absolute atomic E-state index is 12.5. The number of hydrogen-bond donors (Lipinski definition) is 1. The van der Waals surface area contributed by atoms with Crippen LogP contribution in [0.2, 0.25) is 0 Å². The predicted octanol–water partition coefficient (Wildman–Crippen LogP) is 2.97. The summed E-state index contributed by atoms with van der Waals surface area (Å²) in [5.41, 5.74) is 1.25. The first kappa shape index (κ1) is 16.9. The molecule has 0 aromatic carbocycles. The van der Waals surface area contributed by atoms with Crippen molar-refractivity contribution in [3.8, 4) is 0 Å². The highest BCUT2D eigenvalue weighted by Gasteiger charge is 2.31. The van der Waals surface area contributed by atoms with Gasteiger partial charge in [0.2, 0.25) is 5.91 Å². The van der Waals surface area contributed by atoms with Crippen molar-refractivity contribution < 1.29 is 9.53 Å². The molecular formula is C18H28N2O2. The number of rotatable bonds is 8. The van der Waals surface area contributed by atoms with Gasteiger partial charge in [0.25, 0.3) is 0 Å². The third kappa shape index (κ3) is 4.80. The standard InChI is InChI=1S/C18H28N2O2/c1-3-5-15(6-4-2)18(21)20-17-13-22-12-16(17)11-14-7-9-19-10-8-14/h7-10,15-17H,3-6,11-13H2,1-2H3,(H,20,21)/t16-,17-/m1/s1. The molecule has 1 N–H and O–H groups in total. The maximum atomic E-state index is 12.5. The smallest absolute Gasteiger partial charge is 0.223 e. The second kappa shape index (κ2) is 8.89. The zero-order chi connectivity index (χ0) is 15.8. The highest BCUT2D eigenvalue weighted by Crippen LogP contribution is 2.21. The molecule has 0 radical (unpaired) electrons. The van der Waals surface area contributed by atoms with E-state index in [0.717, 1.165) is 38.7 Å². The summed E-state index contributed by atoms with van der Waals surface area (Å²) in [6, 6.07) is 4.21. The first-order valence-corrected chi connectivity index (χ1v) is 8.51. The Kier molecular flexibility index (Phi) is 6.84. The molecule has 2 heterocycles. The lowest BCUT2D eigenvalue weighted by Gasteiger charge is -2.22.